The van der Waals surface area contributed by atoms with Gasteiger partial charge in [0.25, 0.3) is 0 Å². The Morgan fingerprint density at radius 1 is 1.28 bits per heavy atom. The maximum Gasteiger partial charge on any atom is 0.315 e. The summed E-state index contributed by atoms with van der Waals surface area (Å²) in [5, 5.41) is 6.07. The van der Waals surface area contributed by atoms with Crippen LogP contribution in [0.2, 0.25) is 0 Å². The van der Waals surface area contributed by atoms with Gasteiger partial charge in [0.1, 0.15) is 6.61 Å². The fourth-order valence-corrected chi connectivity index (χ4v) is 3.65. The van der Waals surface area contributed by atoms with Crippen molar-refractivity contribution >= 4 is 6.03 Å². The van der Waals surface area contributed by atoms with E-state index in [-0.39, 0.29) is 12.1 Å². The Balaban J connectivity index is 1.40. The molecule has 2 amide bonds. The number of ether oxygens (including phenoxy) is 2. The molecule has 0 saturated carbocycles. The van der Waals surface area contributed by atoms with E-state index in [1.54, 1.807) is 19.4 Å². The molecule has 7 nitrogen and oxygen atoms in total. The predicted molar refractivity (Wildman–Crippen MR) is 94.6 cm³/mol. The normalized spacial score (nSPS) is 23.1. The van der Waals surface area contributed by atoms with Crippen LogP contribution in [0.4, 0.5) is 4.79 Å². The summed E-state index contributed by atoms with van der Waals surface area (Å²) in [7, 11) is 1.63. The summed E-state index contributed by atoms with van der Waals surface area (Å²) < 4.78 is 10.4. The second-order valence-corrected chi connectivity index (χ2v) is 6.67. The first-order valence-corrected chi connectivity index (χ1v) is 9.11. The van der Waals surface area contributed by atoms with E-state index in [0.717, 1.165) is 18.5 Å². The number of pyridine rings is 1. The molecule has 0 bridgehead atoms. The molecule has 25 heavy (non-hydrogen) atoms. The molecule has 2 saturated heterocycles. The molecule has 0 radical (unpaired) electrons. The molecule has 3 rings (SSSR count). The first-order valence-electron chi connectivity index (χ1n) is 9.11. The summed E-state index contributed by atoms with van der Waals surface area (Å²) in [5.74, 6) is 0.564. The highest BCUT2D eigenvalue weighted by molar-refractivity contribution is 5.74. The zero-order valence-electron chi connectivity index (χ0n) is 14.9. The van der Waals surface area contributed by atoms with Crippen LogP contribution in [0.15, 0.2) is 18.3 Å². The number of hydrogen-bond acceptors (Lipinski definition) is 5. The number of nitrogens with zero attached hydrogens (tertiary/aromatic N) is 2. The first kappa shape index (κ1) is 17.9. The van der Waals surface area contributed by atoms with Crippen LogP contribution in [0.3, 0.4) is 0 Å². The lowest BCUT2D eigenvalue weighted by atomic mass is 9.99. The van der Waals surface area contributed by atoms with Crippen LogP contribution in [0, 0.1) is 0 Å². The van der Waals surface area contributed by atoms with Crippen molar-refractivity contribution in [2.24, 2.45) is 0 Å². The van der Waals surface area contributed by atoms with Gasteiger partial charge in [-0.25, -0.2) is 9.78 Å². The zero-order valence-corrected chi connectivity index (χ0v) is 14.9. The van der Waals surface area contributed by atoms with Crippen LogP contribution < -0.4 is 15.4 Å². The Kier molecular flexibility index (Phi) is 6.47. The molecule has 2 N–H and O–H groups in total. The number of hydrogen-bond donors (Lipinski definition) is 2. The largest absolute Gasteiger partial charge is 0.475 e. The monoisotopic (exact) mass is 348 g/mol. The molecule has 2 atom stereocenters. The minimum Gasteiger partial charge on any atom is -0.475 e. The summed E-state index contributed by atoms with van der Waals surface area (Å²) in [6, 6.07) is 4.41. The molecule has 7 heteroatoms. The SMILES string of the molecule is COCCOc1ccc(CNC(=O)NC2CCN3CCCCC23)cn1. The van der Waals surface area contributed by atoms with Crippen LogP contribution in [0.25, 0.3) is 0 Å². The lowest BCUT2D eigenvalue weighted by Crippen LogP contribution is -2.49. The van der Waals surface area contributed by atoms with Crippen molar-refractivity contribution in [3.63, 3.8) is 0 Å². The summed E-state index contributed by atoms with van der Waals surface area (Å²) in [6.45, 7) is 3.74. The average Bonchev–Trinajstić information content (AvgIpc) is 3.04. The van der Waals surface area contributed by atoms with Gasteiger partial charge in [-0.1, -0.05) is 12.5 Å². The molecule has 2 aliphatic heterocycles. The van der Waals surface area contributed by atoms with Gasteiger partial charge in [0, 0.05) is 44.5 Å². The second-order valence-electron chi connectivity index (χ2n) is 6.67. The van der Waals surface area contributed by atoms with Crippen LogP contribution in [0.1, 0.15) is 31.2 Å². The summed E-state index contributed by atoms with van der Waals surface area (Å²) >= 11 is 0. The van der Waals surface area contributed by atoms with Crippen LogP contribution in [-0.4, -0.2) is 61.4 Å². The van der Waals surface area contributed by atoms with Crippen molar-refractivity contribution in [1.29, 1.82) is 0 Å². The van der Waals surface area contributed by atoms with Gasteiger partial charge in [0.05, 0.1) is 6.61 Å². The van der Waals surface area contributed by atoms with E-state index < -0.39 is 0 Å². The number of rotatable bonds is 7. The van der Waals surface area contributed by atoms with E-state index in [0.29, 0.717) is 31.7 Å². The number of piperidine rings is 1. The number of carbonyl (C=O) groups is 1. The summed E-state index contributed by atoms with van der Waals surface area (Å²) in [4.78, 5) is 18.9. The Labute approximate surface area is 149 Å². The highest BCUT2D eigenvalue weighted by Crippen LogP contribution is 2.26. The van der Waals surface area contributed by atoms with Crippen LogP contribution >= 0.6 is 0 Å². The van der Waals surface area contributed by atoms with Crippen LogP contribution in [0.5, 0.6) is 5.88 Å². The van der Waals surface area contributed by atoms with Crippen molar-refractivity contribution in [3.8, 4) is 5.88 Å². The molecular formula is C18H28N4O3. The summed E-state index contributed by atoms with van der Waals surface area (Å²) in [5.41, 5.74) is 0.944. The van der Waals surface area contributed by atoms with Gasteiger partial charge in [-0.05, 0) is 31.4 Å². The molecule has 2 fully saturated rings. The number of carbonyl (C=O) groups excluding carboxylic acids is 1. The van der Waals surface area contributed by atoms with Crippen molar-refractivity contribution in [1.82, 2.24) is 20.5 Å². The molecule has 2 unspecified atom stereocenters. The third-order valence-electron chi connectivity index (χ3n) is 4.96. The molecule has 0 aromatic carbocycles. The molecule has 1 aromatic heterocycles. The fraction of sp³-hybridized carbons (Fsp3) is 0.667. The Hall–Kier alpha value is -1.86. The Morgan fingerprint density at radius 2 is 2.20 bits per heavy atom. The van der Waals surface area contributed by atoms with Gasteiger partial charge < -0.3 is 20.1 Å². The van der Waals surface area contributed by atoms with E-state index in [1.165, 1.54) is 25.8 Å². The quantitative estimate of drug-likeness (QED) is 0.731. The van der Waals surface area contributed by atoms with Crippen molar-refractivity contribution in [2.45, 2.75) is 44.3 Å². The van der Waals surface area contributed by atoms with Crippen molar-refractivity contribution in [2.75, 3.05) is 33.4 Å². The molecule has 138 valence electrons. The predicted octanol–water partition coefficient (Wildman–Crippen LogP) is 1.53. The van der Waals surface area contributed by atoms with E-state index in [2.05, 4.69) is 20.5 Å². The minimum atomic E-state index is -0.0992. The standard InChI is InChI=1S/C18H28N4O3/c1-24-10-11-25-17-6-5-14(12-19-17)13-20-18(23)21-15-7-9-22-8-3-2-4-16(15)22/h5-6,12,15-16H,2-4,7-11,13H2,1H3,(H2,20,21,23). The number of nitrogens with one attached hydrogen (secondary N) is 2. The lowest BCUT2D eigenvalue weighted by molar-refractivity contribution is 0.143. The second kappa shape index (κ2) is 9.01. The highest BCUT2D eigenvalue weighted by Gasteiger charge is 2.36. The van der Waals surface area contributed by atoms with E-state index in [4.69, 9.17) is 9.47 Å². The maximum absolute atomic E-state index is 12.2. The minimum absolute atomic E-state index is 0.0992. The first-order chi connectivity index (χ1) is 12.3. The highest BCUT2D eigenvalue weighted by atomic mass is 16.5. The number of methoxy groups -OCH3 is 1. The summed E-state index contributed by atoms with van der Waals surface area (Å²) in [6.07, 6.45) is 6.52. The zero-order chi connectivity index (χ0) is 17.5. The van der Waals surface area contributed by atoms with Gasteiger partial charge in [0.2, 0.25) is 5.88 Å². The number of aromatic nitrogens is 1. The van der Waals surface area contributed by atoms with Gasteiger partial charge >= 0.3 is 6.03 Å². The third-order valence-corrected chi connectivity index (χ3v) is 4.96. The maximum atomic E-state index is 12.2. The Morgan fingerprint density at radius 3 is 3.00 bits per heavy atom. The number of fused-ring (bicyclic) bond motifs is 1. The molecule has 0 spiro atoms. The number of urea groups is 1. The molecular weight excluding hydrogens is 320 g/mol. The molecule has 2 aliphatic rings. The third kappa shape index (κ3) is 5.06. The van der Waals surface area contributed by atoms with E-state index in [9.17, 15) is 4.79 Å². The molecule has 3 heterocycles. The van der Waals surface area contributed by atoms with Crippen molar-refractivity contribution < 1.29 is 14.3 Å². The molecule has 1 aromatic rings. The van der Waals surface area contributed by atoms with Gasteiger partial charge in [-0.3, -0.25) is 4.90 Å². The fourth-order valence-electron chi connectivity index (χ4n) is 3.65. The average molecular weight is 348 g/mol. The topological polar surface area (TPSA) is 75.7 Å². The van der Waals surface area contributed by atoms with E-state index in [1.807, 2.05) is 6.07 Å². The number of amides is 2. The Bertz CT molecular complexity index is 552. The van der Waals surface area contributed by atoms with Gasteiger partial charge in [-0.15, -0.1) is 0 Å². The van der Waals surface area contributed by atoms with Gasteiger partial charge in [0.15, 0.2) is 0 Å². The smallest absolute Gasteiger partial charge is 0.315 e. The van der Waals surface area contributed by atoms with Gasteiger partial charge in [-0.2, -0.15) is 0 Å². The van der Waals surface area contributed by atoms with Crippen molar-refractivity contribution in [3.05, 3.63) is 23.9 Å². The molecule has 0 aliphatic carbocycles. The van der Waals surface area contributed by atoms with E-state index >= 15 is 0 Å². The van der Waals surface area contributed by atoms with Crippen LogP contribution in [-0.2, 0) is 11.3 Å². The lowest BCUT2D eigenvalue weighted by Gasteiger charge is -2.32.